The highest BCUT2D eigenvalue weighted by Crippen LogP contribution is 2.50. The molecule has 0 aromatic rings. The van der Waals surface area contributed by atoms with E-state index in [1.165, 1.54) is 0 Å². The molecule has 0 bridgehead atoms. The molecule has 0 radical (unpaired) electrons. The first-order valence-electron chi connectivity index (χ1n) is 7.23. The smallest absolute Gasteiger partial charge is 0.188 e. The van der Waals surface area contributed by atoms with Crippen molar-refractivity contribution in [3.05, 3.63) is 0 Å². The second kappa shape index (κ2) is 8.47. The predicted molar refractivity (Wildman–Crippen MR) is 82.8 cm³/mol. The van der Waals surface area contributed by atoms with Gasteiger partial charge in [-0.05, 0) is 62.3 Å². The van der Waals surface area contributed by atoms with E-state index in [0.29, 0.717) is 24.2 Å². The van der Waals surface area contributed by atoms with Crippen molar-refractivity contribution in [3.8, 4) is 0 Å². The van der Waals surface area contributed by atoms with Gasteiger partial charge in [-0.25, -0.2) is 9.34 Å². The summed E-state index contributed by atoms with van der Waals surface area (Å²) in [6, 6.07) is 2.01. The molecule has 3 nitrogen and oxygen atoms in total. The number of hydrogen-bond acceptors (Lipinski definition) is 3. The Morgan fingerprint density at radius 1 is 0.722 bits per heavy atom. The highest BCUT2D eigenvalue weighted by atomic mass is 31.2. The zero-order chi connectivity index (χ0) is 14.5. The van der Waals surface area contributed by atoms with Gasteiger partial charge in [0.2, 0.25) is 0 Å². The zero-order valence-corrected chi connectivity index (χ0v) is 14.7. The topological polar surface area (TPSA) is 15.7 Å². The molecule has 0 saturated heterocycles. The second-order valence-corrected chi connectivity index (χ2v) is 7.49. The van der Waals surface area contributed by atoms with E-state index < -0.39 is 8.45 Å². The number of nitrogens with zero attached hydrogens (tertiary/aromatic N) is 2. The van der Waals surface area contributed by atoms with Gasteiger partial charge in [-0.3, -0.25) is 0 Å². The molecule has 0 aromatic carbocycles. The molecule has 4 heteroatoms. The summed E-state index contributed by atoms with van der Waals surface area (Å²) < 4.78 is 11.2. The van der Waals surface area contributed by atoms with Gasteiger partial charge < -0.3 is 4.52 Å². The summed E-state index contributed by atoms with van der Waals surface area (Å²) >= 11 is 0. The summed E-state index contributed by atoms with van der Waals surface area (Å²) in [5, 5.41) is 0. The van der Waals surface area contributed by atoms with Crippen molar-refractivity contribution in [3.63, 3.8) is 0 Å². The molecule has 0 rings (SSSR count). The quantitative estimate of drug-likeness (QED) is 0.608. The summed E-state index contributed by atoms with van der Waals surface area (Å²) in [5.74, 6) is 0. The normalized spacial score (nSPS) is 13.3. The van der Waals surface area contributed by atoms with Crippen molar-refractivity contribution in [1.29, 1.82) is 0 Å². The van der Waals surface area contributed by atoms with Gasteiger partial charge in [0.05, 0.1) is 6.61 Å². The Morgan fingerprint density at radius 2 is 1.00 bits per heavy atom. The van der Waals surface area contributed by atoms with Crippen LogP contribution in [0, 0.1) is 0 Å². The van der Waals surface area contributed by atoms with E-state index in [1.54, 1.807) is 0 Å². The van der Waals surface area contributed by atoms with Crippen LogP contribution in [-0.4, -0.2) is 40.1 Å². The van der Waals surface area contributed by atoms with Crippen molar-refractivity contribution in [2.75, 3.05) is 6.61 Å². The molecule has 0 amide bonds. The largest absolute Gasteiger partial charge is 0.332 e. The molecule has 0 heterocycles. The monoisotopic (exact) mass is 276 g/mol. The summed E-state index contributed by atoms with van der Waals surface area (Å²) in [5.41, 5.74) is 0. The fourth-order valence-corrected chi connectivity index (χ4v) is 4.67. The van der Waals surface area contributed by atoms with Crippen LogP contribution in [0.25, 0.3) is 0 Å². The number of hydrogen-bond donors (Lipinski definition) is 0. The molecule has 0 atom stereocenters. The van der Waals surface area contributed by atoms with Crippen LogP contribution in [-0.2, 0) is 4.52 Å². The van der Waals surface area contributed by atoms with E-state index >= 15 is 0 Å². The predicted octanol–water partition coefficient (Wildman–Crippen LogP) is 4.49. The van der Waals surface area contributed by atoms with Gasteiger partial charge in [0.25, 0.3) is 0 Å². The standard InChI is InChI=1S/C14H33N2OP/c1-10-17-18(15(11(2)3)12(4)5)16(13(6)7)14(8)9/h11-14H,10H2,1-9H3. The van der Waals surface area contributed by atoms with Gasteiger partial charge in [-0.2, -0.15) is 0 Å². The van der Waals surface area contributed by atoms with E-state index in [2.05, 4.69) is 71.7 Å². The lowest BCUT2D eigenvalue weighted by atomic mass is 10.3. The highest BCUT2D eigenvalue weighted by Gasteiger charge is 2.33. The molecule has 0 N–H and O–H groups in total. The fourth-order valence-electron chi connectivity index (χ4n) is 2.35. The average Bonchev–Trinajstić information content (AvgIpc) is 2.14. The van der Waals surface area contributed by atoms with Crippen molar-refractivity contribution in [1.82, 2.24) is 9.34 Å². The Kier molecular flexibility index (Phi) is 8.62. The van der Waals surface area contributed by atoms with Gasteiger partial charge in [-0.15, -0.1) is 0 Å². The van der Waals surface area contributed by atoms with Crippen molar-refractivity contribution in [2.45, 2.75) is 86.5 Å². The minimum absolute atomic E-state index is 0.502. The molecule has 0 aromatic heterocycles. The summed E-state index contributed by atoms with van der Waals surface area (Å²) in [6.07, 6.45) is 0. The second-order valence-electron chi connectivity index (χ2n) is 5.81. The molecule has 0 fully saturated rings. The third-order valence-corrected chi connectivity index (χ3v) is 5.88. The van der Waals surface area contributed by atoms with Crippen LogP contribution < -0.4 is 0 Å². The maximum absolute atomic E-state index is 6.13. The Bertz CT molecular complexity index is 184. The van der Waals surface area contributed by atoms with Crippen LogP contribution in [0.5, 0.6) is 0 Å². The van der Waals surface area contributed by atoms with E-state index in [1.807, 2.05) is 0 Å². The first-order chi connectivity index (χ1) is 8.23. The molecule has 110 valence electrons. The van der Waals surface area contributed by atoms with Crippen molar-refractivity contribution >= 4 is 8.45 Å². The fraction of sp³-hybridized carbons (Fsp3) is 1.00. The molecule has 18 heavy (non-hydrogen) atoms. The van der Waals surface area contributed by atoms with E-state index in [4.69, 9.17) is 4.52 Å². The lowest BCUT2D eigenvalue weighted by Gasteiger charge is -2.45. The van der Waals surface area contributed by atoms with Gasteiger partial charge in [0.15, 0.2) is 8.45 Å². The summed E-state index contributed by atoms with van der Waals surface area (Å²) in [7, 11) is -0.679. The molecule has 0 aliphatic carbocycles. The first kappa shape index (κ1) is 18.3. The highest BCUT2D eigenvalue weighted by molar-refractivity contribution is 7.47. The van der Waals surface area contributed by atoms with Gasteiger partial charge in [0.1, 0.15) is 0 Å². The molecule has 0 spiro atoms. The minimum Gasteiger partial charge on any atom is -0.332 e. The van der Waals surface area contributed by atoms with Crippen LogP contribution in [0.3, 0.4) is 0 Å². The average molecular weight is 276 g/mol. The number of rotatable bonds is 8. The van der Waals surface area contributed by atoms with Crippen LogP contribution in [0.4, 0.5) is 0 Å². The summed E-state index contributed by atoms with van der Waals surface area (Å²) in [4.78, 5) is 0. The van der Waals surface area contributed by atoms with Gasteiger partial charge in [-0.1, -0.05) is 0 Å². The minimum atomic E-state index is -0.679. The van der Waals surface area contributed by atoms with Crippen LogP contribution in [0.15, 0.2) is 0 Å². The molecular weight excluding hydrogens is 243 g/mol. The van der Waals surface area contributed by atoms with Crippen LogP contribution in [0.2, 0.25) is 0 Å². The van der Waals surface area contributed by atoms with E-state index in [-0.39, 0.29) is 0 Å². The lowest BCUT2D eigenvalue weighted by molar-refractivity contribution is 0.192. The Labute approximate surface area is 116 Å². The van der Waals surface area contributed by atoms with Gasteiger partial charge in [0, 0.05) is 24.2 Å². The van der Waals surface area contributed by atoms with E-state index in [0.717, 1.165) is 6.61 Å². The summed E-state index contributed by atoms with van der Waals surface area (Å²) in [6.45, 7) is 20.9. The van der Waals surface area contributed by atoms with Crippen LogP contribution in [0.1, 0.15) is 62.3 Å². The van der Waals surface area contributed by atoms with Crippen LogP contribution >= 0.6 is 8.45 Å². The molecule has 0 unspecified atom stereocenters. The molecular formula is C14H33N2OP. The maximum Gasteiger partial charge on any atom is 0.188 e. The third-order valence-electron chi connectivity index (χ3n) is 2.76. The Balaban J connectivity index is 5.22. The maximum atomic E-state index is 6.13. The molecule has 0 aliphatic rings. The molecule has 0 saturated carbocycles. The van der Waals surface area contributed by atoms with Crippen molar-refractivity contribution in [2.24, 2.45) is 0 Å². The zero-order valence-electron chi connectivity index (χ0n) is 13.8. The Hall–Kier alpha value is 0.310. The van der Waals surface area contributed by atoms with Crippen molar-refractivity contribution < 1.29 is 4.52 Å². The lowest BCUT2D eigenvalue weighted by Crippen LogP contribution is -2.43. The van der Waals surface area contributed by atoms with Gasteiger partial charge >= 0.3 is 0 Å². The molecule has 0 aliphatic heterocycles. The third kappa shape index (κ3) is 5.13. The Morgan fingerprint density at radius 3 is 1.17 bits per heavy atom. The first-order valence-corrected chi connectivity index (χ1v) is 8.40. The van der Waals surface area contributed by atoms with E-state index in [9.17, 15) is 0 Å². The SMILES string of the molecule is CCOP(N(C(C)C)C(C)C)N(C(C)C)C(C)C.